The predicted molar refractivity (Wildman–Crippen MR) is 187 cm³/mol. The van der Waals surface area contributed by atoms with E-state index in [9.17, 15) is 28.2 Å². The number of benzene rings is 4. The van der Waals surface area contributed by atoms with Gasteiger partial charge in [0.25, 0.3) is 0 Å². The Kier molecular flexibility index (Phi) is 10.3. The number of aromatic hydroxyl groups is 1. The summed E-state index contributed by atoms with van der Waals surface area (Å²) in [5.41, 5.74) is 5.43. The molecule has 0 radical (unpaired) electrons. The van der Waals surface area contributed by atoms with Gasteiger partial charge >= 0.3 is 5.97 Å². The van der Waals surface area contributed by atoms with Crippen molar-refractivity contribution in [3.05, 3.63) is 119 Å². The van der Waals surface area contributed by atoms with Gasteiger partial charge < -0.3 is 25.4 Å². The Morgan fingerprint density at radius 2 is 1.54 bits per heavy atom. The van der Waals surface area contributed by atoms with Crippen LogP contribution in [0.1, 0.15) is 58.3 Å². The van der Waals surface area contributed by atoms with Gasteiger partial charge in [0, 0.05) is 43.3 Å². The van der Waals surface area contributed by atoms with Crippen molar-refractivity contribution in [3.63, 3.8) is 0 Å². The van der Waals surface area contributed by atoms with Gasteiger partial charge in [0.1, 0.15) is 11.3 Å². The fourth-order valence-corrected chi connectivity index (χ4v) is 7.03. The van der Waals surface area contributed by atoms with Gasteiger partial charge in [-0.2, -0.15) is 4.31 Å². The third-order valence-electron chi connectivity index (χ3n) is 8.86. The van der Waals surface area contributed by atoms with Crippen LogP contribution in [0.25, 0.3) is 0 Å². The highest BCUT2D eigenvalue weighted by molar-refractivity contribution is 7.89. The number of nitrogens with one attached hydrogen (secondary N) is 1. The number of nitrogens with zero attached hydrogens (tertiary/aromatic N) is 3. The van der Waals surface area contributed by atoms with Gasteiger partial charge in [-0.25, -0.2) is 13.2 Å². The van der Waals surface area contributed by atoms with Crippen LogP contribution in [0.15, 0.2) is 95.9 Å². The lowest BCUT2D eigenvalue weighted by molar-refractivity contribution is -0.118. The van der Waals surface area contributed by atoms with E-state index in [1.165, 1.54) is 47.8 Å². The highest BCUT2D eigenvalue weighted by Gasteiger charge is 2.27. The Bertz CT molecular complexity index is 1900. The number of rotatable bonds is 11. The number of carbonyl (C=O) groups excluding carboxylic acids is 1. The molecule has 3 N–H and O–H groups in total. The third-order valence-corrected chi connectivity index (χ3v) is 10.7. The maximum absolute atomic E-state index is 13.7. The average Bonchev–Trinajstić information content (AvgIpc) is 3.07. The fourth-order valence-electron chi connectivity index (χ4n) is 5.91. The summed E-state index contributed by atoms with van der Waals surface area (Å²) in [4.78, 5) is 29.0. The van der Waals surface area contributed by atoms with Crippen molar-refractivity contribution in [1.82, 2.24) is 4.31 Å². The van der Waals surface area contributed by atoms with E-state index in [-0.39, 0.29) is 22.7 Å². The second-order valence-electron chi connectivity index (χ2n) is 12.2. The van der Waals surface area contributed by atoms with Crippen LogP contribution < -0.4 is 9.80 Å². The summed E-state index contributed by atoms with van der Waals surface area (Å²) in [6, 6.07) is 26.3. The molecule has 11 heteroatoms. The quantitative estimate of drug-likeness (QED) is 0.166. The summed E-state index contributed by atoms with van der Waals surface area (Å²) < 4.78 is 27.5. The van der Waals surface area contributed by atoms with Gasteiger partial charge in [0.2, 0.25) is 15.9 Å². The van der Waals surface area contributed by atoms with Crippen molar-refractivity contribution in [1.29, 1.82) is 5.41 Å². The van der Waals surface area contributed by atoms with Gasteiger partial charge in [-0.15, -0.1) is 0 Å². The van der Waals surface area contributed by atoms with Crippen molar-refractivity contribution in [2.75, 3.05) is 36.5 Å². The zero-order valence-corrected chi connectivity index (χ0v) is 28.1. The molecule has 0 spiro atoms. The van der Waals surface area contributed by atoms with E-state index in [1.54, 1.807) is 19.1 Å². The normalized spacial score (nSPS) is 13.8. The lowest BCUT2D eigenvalue weighted by Crippen LogP contribution is -2.41. The lowest BCUT2D eigenvalue weighted by atomic mass is 9.88. The number of anilines is 2. The number of amides is 1. The molecule has 0 saturated carbocycles. The Balaban J connectivity index is 1.31. The van der Waals surface area contributed by atoms with Gasteiger partial charge in [0.05, 0.1) is 18.0 Å². The van der Waals surface area contributed by atoms with Crippen LogP contribution in [0, 0.1) is 12.3 Å². The number of piperidine rings is 1. The second kappa shape index (κ2) is 14.4. The molecule has 1 heterocycles. The predicted octanol–water partition coefficient (Wildman–Crippen LogP) is 6.02. The third kappa shape index (κ3) is 7.75. The van der Waals surface area contributed by atoms with Crippen LogP contribution in [0.5, 0.6) is 5.75 Å². The molecule has 0 unspecified atom stereocenters. The fraction of sp³-hybridized carbons (Fsp3) is 0.270. The zero-order chi connectivity index (χ0) is 34.6. The summed E-state index contributed by atoms with van der Waals surface area (Å²) >= 11 is 0. The average molecular weight is 669 g/mol. The molecule has 1 aliphatic heterocycles. The smallest absolute Gasteiger partial charge is 0.339 e. The first kappa shape index (κ1) is 34.3. The topological polar surface area (TPSA) is 142 Å². The van der Waals surface area contributed by atoms with Crippen LogP contribution in [0.4, 0.5) is 11.4 Å². The molecule has 48 heavy (non-hydrogen) atoms. The second-order valence-corrected chi connectivity index (χ2v) is 14.3. The number of aryl methyl sites for hydroxylation is 1. The highest BCUT2D eigenvalue weighted by Crippen LogP contribution is 2.32. The Hall–Kier alpha value is -5.00. The summed E-state index contributed by atoms with van der Waals surface area (Å²) in [6.07, 6.45) is 1.96. The molecule has 5 rings (SSSR count). The molecule has 1 saturated heterocycles. The minimum Gasteiger partial charge on any atom is -0.507 e. The maximum Gasteiger partial charge on any atom is 0.339 e. The number of hydrogen-bond donors (Lipinski definition) is 3. The van der Waals surface area contributed by atoms with E-state index in [2.05, 4.69) is 29.2 Å². The molecule has 0 bridgehead atoms. The monoisotopic (exact) mass is 668 g/mol. The van der Waals surface area contributed by atoms with Crippen LogP contribution in [-0.4, -0.2) is 67.2 Å². The largest absolute Gasteiger partial charge is 0.507 e. The number of carboxylic acids is 1. The molecular weight excluding hydrogens is 628 g/mol. The van der Waals surface area contributed by atoms with Gasteiger partial charge in [-0.1, -0.05) is 54.1 Å². The van der Waals surface area contributed by atoms with E-state index in [4.69, 9.17) is 5.41 Å². The minimum atomic E-state index is -3.96. The number of phenols is 1. The Morgan fingerprint density at radius 3 is 2.10 bits per heavy atom. The van der Waals surface area contributed by atoms with Gasteiger partial charge in [0.15, 0.2) is 0 Å². The van der Waals surface area contributed by atoms with Crippen LogP contribution >= 0.6 is 0 Å². The molecule has 1 amide bonds. The first-order chi connectivity index (χ1) is 22.8. The molecule has 10 nitrogen and oxygen atoms in total. The Labute approximate surface area is 281 Å². The first-order valence-corrected chi connectivity index (χ1v) is 17.2. The van der Waals surface area contributed by atoms with E-state index in [0.29, 0.717) is 11.6 Å². The van der Waals surface area contributed by atoms with Crippen molar-refractivity contribution < 1.29 is 28.2 Å². The van der Waals surface area contributed by atoms with E-state index < -0.39 is 34.2 Å². The summed E-state index contributed by atoms with van der Waals surface area (Å²) in [7, 11) is -2.63. The van der Waals surface area contributed by atoms with Crippen LogP contribution in [0.2, 0.25) is 0 Å². The SMILES string of the molecule is CC(=N)c1ccc(N2CCC(c3ccc(CN(C(=O)CN(C)S(=O)(=O)c4ccc(C)cc4)c4ccc(C(=O)O)c(O)c4)cc3)CC2)cc1. The molecule has 1 aliphatic rings. The van der Waals surface area contributed by atoms with Crippen LogP contribution in [-0.2, 0) is 21.4 Å². The summed E-state index contributed by atoms with van der Waals surface area (Å²) in [5, 5.41) is 27.6. The summed E-state index contributed by atoms with van der Waals surface area (Å²) in [5.74, 6) is -1.98. The molecule has 4 aromatic carbocycles. The Morgan fingerprint density at radius 1 is 0.917 bits per heavy atom. The van der Waals surface area contributed by atoms with E-state index in [1.807, 2.05) is 31.2 Å². The number of hydrogen-bond acceptors (Lipinski definition) is 7. The minimum absolute atomic E-state index is 0.0654. The van der Waals surface area contributed by atoms with Crippen molar-refractivity contribution >= 4 is 39.0 Å². The standard InChI is InChI=1S/C37H40N4O6S/c1-25-4-15-33(16-5-25)48(46,47)39(3)24-36(43)41(32-14-17-34(37(44)45)35(42)22-32)23-27-6-8-29(9-7-27)30-18-20-40(21-19-30)31-12-10-28(11-13-31)26(2)38/h4-17,22,30,38,42H,18-21,23-24H2,1-3H3,(H,44,45). The van der Waals surface area contributed by atoms with Gasteiger partial charge in [-0.3, -0.25) is 4.79 Å². The molecule has 1 fully saturated rings. The molecule has 250 valence electrons. The summed E-state index contributed by atoms with van der Waals surface area (Å²) in [6.45, 7) is 5.05. The molecular formula is C37H40N4O6S. The first-order valence-electron chi connectivity index (χ1n) is 15.7. The van der Waals surface area contributed by atoms with Crippen LogP contribution in [0.3, 0.4) is 0 Å². The highest BCUT2D eigenvalue weighted by atomic mass is 32.2. The maximum atomic E-state index is 13.7. The van der Waals surface area contributed by atoms with E-state index in [0.717, 1.165) is 52.6 Å². The number of carbonyl (C=O) groups is 2. The lowest BCUT2D eigenvalue weighted by Gasteiger charge is -2.34. The van der Waals surface area contributed by atoms with Crippen molar-refractivity contribution in [3.8, 4) is 5.75 Å². The number of aromatic carboxylic acids is 1. The number of sulfonamides is 1. The molecule has 4 aromatic rings. The molecule has 0 atom stereocenters. The molecule has 0 aromatic heterocycles. The molecule has 0 aliphatic carbocycles. The number of carboxylic acid groups (broad SMARTS) is 1. The van der Waals surface area contributed by atoms with Crippen molar-refractivity contribution in [2.24, 2.45) is 0 Å². The van der Waals surface area contributed by atoms with E-state index >= 15 is 0 Å². The number of likely N-dealkylation sites (N-methyl/N-ethyl adjacent to an activating group) is 1. The zero-order valence-electron chi connectivity index (χ0n) is 27.3. The van der Waals surface area contributed by atoms with Crippen molar-refractivity contribution in [2.45, 2.75) is 44.0 Å². The van der Waals surface area contributed by atoms with Gasteiger partial charge in [-0.05, 0) is 85.7 Å².